The molecule has 0 aliphatic rings. The van der Waals surface area contributed by atoms with Crippen molar-refractivity contribution in [3.05, 3.63) is 60.3 Å². The van der Waals surface area contributed by atoms with Gasteiger partial charge in [0.2, 0.25) is 0 Å². The summed E-state index contributed by atoms with van der Waals surface area (Å²) in [6.45, 7) is 5.62. The van der Waals surface area contributed by atoms with Gasteiger partial charge in [0, 0.05) is 15.8 Å². The van der Waals surface area contributed by atoms with Crippen molar-refractivity contribution < 1.29 is 9.53 Å². The van der Waals surface area contributed by atoms with Gasteiger partial charge in [0.05, 0.1) is 4.90 Å². The Labute approximate surface area is 140 Å². The van der Waals surface area contributed by atoms with Gasteiger partial charge in [0.15, 0.2) is 0 Å². The minimum Gasteiger partial charge on any atom is -0.455 e. The van der Waals surface area contributed by atoms with Crippen LogP contribution < -0.4 is 0 Å². The Morgan fingerprint density at radius 2 is 1.65 bits per heavy atom. The molecule has 0 atom stereocenters. The SMILES string of the molecule is CC(C)(C)OC(=O)c1[nH]c2ccccc2c1Sc1ccccc1. The molecule has 0 unspecified atom stereocenters. The van der Waals surface area contributed by atoms with Gasteiger partial charge in [-0.1, -0.05) is 48.2 Å². The quantitative estimate of drug-likeness (QED) is 0.667. The van der Waals surface area contributed by atoms with Gasteiger partial charge in [-0.2, -0.15) is 0 Å². The third-order valence-corrected chi connectivity index (χ3v) is 4.36. The fourth-order valence-corrected chi connectivity index (χ4v) is 3.35. The normalized spacial score (nSPS) is 11.6. The number of hydrogen-bond donors (Lipinski definition) is 1. The molecule has 1 N–H and O–H groups in total. The molecule has 0 saturated carbocycles. The molecule has 1 aromatic heterocycles. The van der Waals surface area contributed by atoms with Crippen LogP contribution in [0.4, 0.5) is 0 Å². The van der Waals surface area contributed by atoms with Crippen LogP contribution in [0.15, 0.2) is 64.4 Å². The van der Waals surface area contributed by atoms with Crippen LogP contribution >= 0.6 is 11.8 Å². The first-order valence-corrected chi connectivity index (χ1v) is 8.33. The second kappa shape index (κ2) is 6.13. The molecule has 1 heterocycles. The second-order valence-corrected chi connectivity index (χ2v) is 7.38. The number of aromatic amines is 1. The van der Waals surface area contributed by atoms with Crippen LogP contribution in [0.2, 0.25) is 0 Å². The predicted octanol–water partition coefficient (Wildman–Crippen LogP) is 5.27. The van der Waals surface area contributed by atoms with Crippen molar-refractivity contribution in [2.75, 3.05) is 0 Å². The Hall–Kier alpha value is -2.20. The van der Waals surface area contributed by atoms with E-state index in [2.05, 4.69) is 4.98 Å². The molecule has 3 rings (SSSR count). The third-order valence-electron chi connectivity index (χ3n) is 3.22. The zero-order chi connectivity index (χ0) is 16.4. The third kappa shape index (κ3) is 3.59. The highest BCUT2D eigenvalue weighted by Crippen LogP contribution is 2.37. The average Bonchev–Trinajstić information content (AvgIpc) is 2.86. The predicted molar refractivity (Wildman–Crippen MR) is 94.0 cm³/mol. The van der Waals surface area contributed by atoms with E-state index in [1.165, 1.54) is 0 Å². The standard InChI is InChI=1S/C19H19NO2S/c1-19(2,3)22-18(21)16-17(23-13-9-5-4-6-10-13)14-11-7-8-12-15(14)20-16/h4-12,20H,1-3H3. The number of rotatable bonds is 3. The number of aromatic nitrogens is 1. The molecule has 0 fully saturated rings. The molecule has 0 aliphatic carbocycles. The molecule has 2 aromatic carbocycles. The number of carbonyl (C=O) groups excluding carboxylic acids is 1. The van der Waals surface area contributed by atoms with Crippen LogP contribution in [-0.4, -0.2) is 16.6 Å². The van der Waals surface area contributed by atoms with Crippen LogP contribution in [0.3, 0.4) is 0 Å². The van der Waals surface area contributed by atoms with Crippen LogP contribution in [-0.2, 0) is 4.74 Å². The summed E-state index contributed by atoms with van der Waals surface area (Å²) < 4.78 is 5.55. The minimum atomic E-state index is -0.525. The summed E-state index contributed by atoms with van der Waals surface area (Å²) in [6, 6.07) is 17.9. The Morgan fingerprint density at radius 3 is 2.35 bits per heavy atom. The molecule has 3 aromatic rings. The van der Waals surface area contributed by atoms with Gasteiger partial charge in [-0.15, -0.1) is 0 Å². The van der Waals surface area contributed by atoms with Gasteiger partial charge in [0.25, 0.3) is 0 Å². The number of carbonyl (C=O) groups is 1. The van der Waals surface area contributed by atoms with Gasteiger partial charge in [-0.3, -0.25) is 0 Å². The van der Waals surface area contributed by atoms with Crippen molar-refractivity contribution in [2.24, 2.45) is 0 Å². The fourth-order valence-electron chi connectivity index (χ4n) is 2.30. The Kier molecular flexibility index (Phi) is 4.18. The smallest absolute Gasteiger partial charge is 0.356 e. The summed E-state index contributed by atoms with van der Waals surface area (Å²) in [6.07, 6.45) is 0. The van der Waals surface area contributed by atoms with Crippen molar-refractivity contribution >= 4 is 28.6 Å². The fraction of sp³-hybridized carbons (Fsp3) is 0.211. The number of fused-ring (bicyclic) bond motifs is 1. The summed E-state index contributed by atoms with van der Waals surface area (Å²) in [7, 11) is 0. The molecule has 0 amide bonds. The number of hydrogen-bond acceptors (Lipinski definition) is 3. The molecule has 0 aliphatic heterocycles. The van der Waals surface area contributed by atoms with E-state index in [4.69, 9.17) is 4.74 Å². The van der Waals surface area contributed by atoms with Crippen molar-refractivity contribution in [1.29, 1.82) is 0 Å². The van der Waals surface area contributed by atoms with E-state index in [-0.39, 0.29) is 5.97 Å². The number of esters is 1. The van der Waals surface area contributed by atoms with Gasteiger partial charge in [-0.05, 0) is 39.0 Å². The van der Waals surface area contributed by atoms with Crippen molar-refractivity contribution in [3.8, 4) is 0 Å². The highest BCUT2D eigenvalue weighted by molar-refractivity contribution is 7.99. The highest BCUT2D eigenvalue weighted by Gasteiger charge is 2.24. The number of nitrogens with one attached hydrogen (secondary N) is 1. The van der Waals surface area contributed by atoms with Crippen LogP contribution in [0.5, 0.6) is 0 Å². The van der Waals surface area contributed by atoms with Crippen molar-refractivity contribution in [3.63, 3.8) is 0 Å². The lowest BCUT2D eigenvalue weighted by Crippen LogP contribution is -2.24. The summed E-state index contributed by atoms with van der Waals surface area (Å²) >= 11 is 1.57. The van der Waals surface area contributed by atoms with Gasteiger partial charge in [-0.25, -0.2) is 4.79 Å². The Bertz CT molecular complexity index is 831. The summed E-state index contributed by atoms with van der Waals surface area (Å²) in [5.74, 6) is -0.327. The first-order chi connectivity index (χ1) is 10.9. The van der Waals surface area contributed by atoms with Crippen molar-refractivity contribution in [2.45, 2.75) is 36.2 Å². The number of benzene rings is 2. The largest absolute Gasteiger partial charge is 0.455 e. The number of ether oxygens (including phenoxy) is 1. The number of H-pyrrole nitrogens is 1. The molecule has 23 heavy (non-hydrogen) atoms. The highest BCUT2D eigenvalue weighted by atomic mass is 32.2. The van der Waals surface area contributed by atoms with E-state index in [1.54, 1.807) is 11.8 Å². The summed E-state index contributed by atoms with van der Waals surface area (Å²) in [4.78, 5) is 17.8. The zero-order valence-electron chi connectivity index (χ0n) is 13.4. The second-order valence-electron chi connectivity index (χ2n) is 6.29. The Morgan fingerprint density at radius 1 is 1.00 bits per heavy atom. The zero-order valence-corrected chi connectivity index (χ0v) is 14.2. The monoisotopic (exact) mass is 325 g/mol. The lowest BCUT2D eigenvalue weighted by molar-refractivity contribution is 0.00599. The molecular weight excluding hydrogens is 306 g/mol. The molecule has 3 nitrogen and oxygen atoms in total. The van der Waals surface area contributed by atoms with E-state index in [9.17, 15) is 4.79 Å². The molecule has 0 saturated heterocycles. The maximum Gasteiger partial charge on any atom is 0.356 e. The Balaban J connectivity index is 2.06. The maximum absolute atomic E-state index is 12.6. The van der Waals surface area contributed by atoms with Gasteiger partial charge < -0.3 is 9.72 Å². The van der Waals surface area contributed by atoms with E-state index in [0.717, 1.165) is 20.7 Å². The van der Waals surface area contributed by atoms with Gasteiger partial charge in [0.1, 0.15) is 11.3 Å². The van der Waals surface area contributed by atoms with Gasteiger partial charge >= 0.3 is 5.97 Å². The van der Waals surface area contributed by atoms with Crippen LogP contribution in [0, 0.1) is 0 Å². The topological polar surface area (TPSA) is 42.1 Å². The molecule has 0 bridgehead atoms. The van der Waals surface area contributed by atoms with E-state index in [0.29, 0.717) is 5.69 Å². The minimum absolute atomic E-state index is 0.327. The van der Waals surface area contributed by atoms with E-state index in [1.807, 2.05) is 75.4 Å². The summed E-state index contributed by atoms with van der Waals surface area (Å²) in [5, 5.41) is 1.03. The first-order valence-electron chi connectivity index (χ1n) is 7.51. The van der Waals surface area contributed by atoms with Crippen LogP contribution in [0.1, 0.15) is 31.3 Å². The summed E-state index contributed by atoms with van der Waals surface area (Å²) in [5.41, 5.74) is 0.921. The molecular formula is C19H19NO2S. The number of para-hydroxylation sites is 1. The molecule has 4 heteroatoms. The lowest BCUT2D eigenvalue weighted by Gasteiger charge is -2.19. The van der Waals surface area contributed by atoms with Crippen molar-refractivity contribution in [1.82, 2.24) is 4.98 Å². The lowest BCUT2D eigenvalue weighted by atomic mass is 10.2. The molecule has 118 valence electrons. The average molecular weight is 325 g/mol. The molecule has 0 spiro atoms. The van der Waals surface area contributed by atoms with Crippen LogP contribution in [0.25, 0.3) is 10.9 Å². The maximum atomic E-state index is 12.6. The first kappa shape index (κ1) is 15.7. The van der Waals surface area contributed by atoms with E-state index < -0.39 is 5.60 Å². The van der Waals surface area contributed by atoms with E-state index >= 15 is 0 Å². The molecule has 0 radical (unpaired) electrons.